The number of hydrogen-bond donors (Lipinski definition) is 2. The molecule has 1 fully saturated rings. The van der Waals surface area contributed by atoms with Crippen molar-refractivity contribution in [2.24, 2.45) is 11.1 Å². The van der Waals surface area contributed by atoms with Crippen LogP contribution < -0.4 is 5.73 Å². The first-order chi connectivity index (χ1) is 7.29. The van der Waals surface area contributed by atoms with Crippen molar-refractivity contribution in [2.75, 3.05) is 6.54 Å². The molecule has 0 saturated heterocycles. The zero-order chi connectivity index (χ0) is 10.7. The van der Waals surface area contributed by atoms with E-state index < -0.39 is 0 Å². The predicted molar refractivity (Wildman–Crippen MR) is 57.2 cm³/mol. The van der Waals surface area contributed by atoms with Gasteiger partial charge in [0.1, 0.15) is 0 Å². The standard InChI is InChI=1S/C10H19N5/c1-2-3-10(4-5-10)6-8(7-11)9-12-14-15-13-9/h8H,2-7,11H2,1H3,(H,12,13,14,15). The largest absolute Gasteiger partial charge is 0.330 e. The van der Waals surface area contributed by atoms with Gasteiger partial charge in [0, 0.05) is 12.5 Å². The summed E-state index contributed by atoms with van der Waals surface area (Å²) in [5, 5.41) is 14.2. The fourth-order valence-corrected chi connectivity index (χ4v) is 2.41. The molecule has 1 atom stereocenters. The quantitative estimate of drug-likeness (QED) is 0.738. The van der Waals surface area contributed by atoms with Crippen LogP contribution in [0.5, 0.6) is 0 Å². The lowest BCUT2D eigenvalue weighted by atomic mass is 9.88. The van der Waals surface area contributed by atoms with Gasteiger partial charge in [-0.3, -0.25) is 0 Å². The molecule has 84 valence electrons. The van der Waals surface area contributed by atoms with Gasteiger partial charge in [-0.2, -0.15) is 5.21 Å². The number of nitrogens with zero attached hydrogens (tertiary/aromatic N) is 3. The maximum atomic E-state index is 5.77. The lowest BCUT2D eigenvalue weighted by molar-refractivity contribution is 0.377. The minimum Gasteiger partial charge on any atom is -0.330 e. The number of aromatic nitrogens is 4. The molecule has 0 aromatic carbocycles. The number of aromatic amines is 1. The smallest absolute Gasteiger partial charge is 0.178 e. The zero-order valence-corrected chi connectivity index (χ0v) is 9.24. The Morgan fingerprint density at radius 1 is 1.53 bits per heavy atom. The van der Waals surface area contributed by atoms with Crippen molar-refractivity contribution in [2.45, 2.75) is 44.9 Å². The molecule has 1 heterocycles. The molecule has 1 aromatic heterocycles. The molecule has 0 aliphatic heterocycles. The molecule has 0 radical (unpaired) electrons. The van der Waals surface area contributed by atoms with Gasteiger partial charge in [0.25, 0.3) is 0 Å². The van der Waals surface area contributed by atoms with E-state index in [4.69, 9.17) is 5.73 Å². The van der Waals surface area contributed by atoms with E-state index >= 15 is 0 Å². The Morgan fingerprint density at radius 3 is 2.80 bits per heavy atom. The molecule has 2 rings (SSSR count). The summed E-state index contributed by atoms with van der Waals surface area (Å²) in [4.78, 5) is 0. The number of rotatable bonds is 6. The third-order valence-corrected chi connectivity index (χ3v) is 3.43. The molecule has 0 bridgehead atoms. The van der Waals surface area contributed by atoms with E-state index in [-0.39, 0.29) is 5.92 Å². The van der Waals surface area contributed by atoms with Gasteiger partial charge in [-0.1, -0.05) is 18.6 Å². The van der Waals surface area contributed by atoms with Gasteiger partial charge < -0.3 is 5.73 Å². The Balaban J connectivity index is 1.97. The molecular formula is C10H19N5. The third-order valence-electron chi connectivity index (χ3n) is 3.43. The average Bonchev–Trinajstić information content (AvgIpc) is 2.81. The van der Waals surface area contributed by atoms with Crippen LogP contribution in [-0.4, -0.2) is 27.2 Å². The number of nitrogens with one attached hydrogen (secondary N) is 1. The summed E-state index contributed by atoms with van der Waals surface area (Å²) in [6.07, 6.45) is 6.37. The number of H-pyrrole nitrogens is 1. The summed E-state index contributed by atoms with van der Waals surface area (Å²) in [5.41, 5.74) is 6.31. The molecule has 3 N–H and O–H groups in total. The zero-order valence-electron chi connectivity index (χ0n) is 9.24. The minimum absolute atomic E-state index is 0.276. The van der Waals surface area contributed by atoms with Gasteiger partial charge in [-0.05, 0) is 31.1 Å². The molecule has 1 unspecified atom stereocenters. The summed E-state index contributed by atoms with van der Waals surface area (Å²) >= 11 is 0. The first kappa shape index (κ1) is 10.5. The van der Waals surface area contributed by atoms with Crippen LogP contribution in [0.15, 0.2) is 0 Å². The highest BCUT2D eigenvalue weighted by Gasteiger charge is 2.43. The molecule has 1 aliphatic carbocycles. The lowest BCUT2D eigenvalue weighted by Gasteiger charge is -2.18. The van der Waals surface area contributed by atoms with E-state index in [9.17, 15) is 0 Å². The van der Waals surface area contributed by atoms with Gasteiger partial charge in [-0.15, -0.1) is 10.2 Å². The summed E-state index contributed by atoms with van der Waals surface area (Å²) in [5.74, 6) is 1.05. The highest BCUT2D eigenvalue weighted by molar-refractivity contribution is 5.01. The van der Waals surface area contributed by atoms with Gasteiger partial charge in [0.2, 0.25) is 0 Å². The van der Waals surface area contributed by atoms with Crippen LogP contribution in [-0.2, 0) is 0 Å². The number of tetrazole rings is 1. The van der Waals surface area contributed by atoms with Crippen LogP contribution in [0.4, 0.5) is 0 Å². The second kappa shape index (κ2) is 4.26. The average molecular weight is 209 g/mol. The van der Waals surface area contributed by atoms with Crippen molar-refractivity contribution in [3.05, 3.63) is 5.82 Å². The SMILES string of the molecule is CCCC1(CC(CN)c2nn[nH]n2)CC1. The minimum atomic E-state index is 0.276. The molecular weight excluding hydrogens is 190 g/mol. The van der Waals surface area contributed by atoms with Crippen LogP contribution in [0.2, 0.25) is 0 Å². The van der Waals surface area contributed by atoms with Crippen molar-refractivity contribution in [3.8, 4) is 0 Å². The predicted octanol–water partition coefficient (Wildman–Crippen LogP) is 1.21. The molecule has 5 heteroatoms. The fraction of sp³-hybridized carbons (Fsp3) is 0.900. The fourth-order valence-electron chi connectivity index (χ4n) is 2.41. The maximum Gasteiger partial charge on any atom is 0.178 e. The monoisotopic (exact) mass is 209 g/mol. The molecule has 0 spiro atoms. The number of hydrogen-bond acceptors (Lipinski definition) is 4. The topological polar surface area (TPSA) is 80.5 Å². The van der Waals surface area contributed by atoms with Crippen molar-refractivity contribution in [3.63, 3.8) is 0 Å². The maximum absolute atomic E-state index is 5.77. The van der Waals surface area contributed by atoms with Crippen molar-refractivity contribution >= 4 is 0 Å². The second-order valence-corrected chi connectivity index (χ2v) is 4.66. The van der Waals surface area contributed by atoms with E-state index in [0.717, 1.165) is 12.2 Å². The summed E-state index contributed by atoms with van der Waals surface area (Å²) in [6, 6.07) is 0. The van der Waals surface area contributed by atoms with E-state index in [1.165, 1.54) is 25.7 Å². The van der Waals surface area contributed by atoms with E-state index in [0.29, 0.717) is 12.0 Å². The Morgan fingerprint density at radius 2 is 2.33 bits per heavy atom. The molecule has 1 aliphatic rings. The second-order valence-electron chi connectivity index (χ2n) is 4.66. The van der Waals surface area contributed by atoms with Gasteiger partial charge >= 0.3 is 0 Å². The summed E-state index contributed by atoms with van der Waals surface area (Å²) in [7, 11) is 0. The van der Waals surface area contributed by atoms with Gasteiger partial charge in [0.15, 0.2) is 5.82 Å². The van der Waals surface area contributed by atoms with Crippen LogP contribution in [0.25, 0.3) is 0 Å². The molecule has 5 nitrogen and oxygen atoms in total. The highest BCUT2D eigenvalue weighted by atomic mass is 15.5. The first-order valence-corrected chi connectivity index (χ1v) is 5.73. The van der Waals surface area contributed by atoms with Crippen LogP contribution >= 0.6 is 0 Å². The Bertz CT molecular complexity index is 291. The number of nitrogens with two attached hydrogens (primary N) is 1. The molecule has 1 saturated carbocycles. The van der Waals surface area contributed by atoms with Crippen LogP contribution in [0.1, 0.15) is 50.8 Å². The Hall–Kier alpha value is -0.970. The van der Waals surface area contributed by atoms with Crippen molar-refractivity contribution < 1.29 is 0 Å². The van der Waals surface area contributed by atoms with E-state index in [1.54, 1.807) is 0 Å². The first-order valence-electron chi connectivity index (χ1n) is 5.73. The highest BCUT2D eigenvalue weighted by Crippen LogP contribution is 2.55. The van der Waals surface area contributed by atoms with Crippen molar-refractivity contribution in [1.82, 2.24) is 20.6 Å². The molecule has 1 aromatic rings. The Labute approximate surface area is 89.8 Å². The summed E-state index contributed by atoms with van der Waals surface area (Å²) < 4.78 is 0. The normalized spacial score (nSPS) is 20.1. The Kier molecular flexibility index (Phi) is 3.00. The van der Waals surface area contributed by atoms with E-state index in [2.05, 4.69) is 27.5 Å². The van der Waals surface area contributed by atoms with Crippen LogP contribution in [0, 0.1) is 5.41 Å². The van der Waals surface area contributed by atoms with E-state index in [1.807, 2.05) is 0 Å². The van der Waals surface area contributed by atoms with Crippen molar-refractivity contribution in [1.29, 1.82) is 0 Å². The van der Waals surface area contributed by atoms with Gasteiger partial charge in [0.05, 0.1) is 0 Å². The van der Waals surface area contributed by atoms with Gasteiger partial charge in [-0.25, -0.2) is 0 Å². The molecule has 0 amide bonds. The molecule has 15 heavy (non-hydrogen) atoms. The lowest BCUT2D eigenvalue weighted by Crippen LogP contribution is -2.18. The third kappa shape index (κ3) is 2.34. The van der Waals surface area contributed by atoms with Crippen LogP contribution in [0.3, 0.4) is 0 Å². The summed E-state index contributed by atoms with van der Waals surface area (Å²) in [6.45, 7) is 2.86.